The van der Waals surface area contributed by atoms with Crippen LogP contribution in [0, 0.1) is 0 Å². The molecule has 4 heteroatoms. The third-order valence-corrected chi connectivity index (χ3v) is 3.06. The Morgan fingerprint density at radius 2 is 1.94 bits per heavy atom. The molecule has 2 amide bonds. The van der Waals surface area contributed by atoms with Crippen molar-refractivity contribution in [3.63, 3.8) is 0 Å². The number of hydrogen-bond donors (Lipinski definition) is 1. The molecule has 0 radical (unpaired) electrons. The van der Waals surface area contributed by atoms with Crippen molar-refractivity contribution < 1.29 is 4.79 Å². The normalized spacial score (nSPS) is 16.8. The average Bonchev–Trinajstić information content (AvgIpc) is 2.28. The topological polar surface area (TPSA) is 35.6 Å². The molecule has 98 valence electrons. The molecule has 1 N–H and O–H groups in total. The molecule has 1 saturated heterocycles. The number of urea groups is 1. The highest BCUT2D eigenvalue weighted by atomic mass is 16.2. The first-order valence-electron chi connectivity index (χ1n) is 6.33. The van der Waals surface area contributed by atoms with Crippen molar-refractivity contribution in [3.8, 4) is 0 Å². The van der Waals surface area contributed by atoms with Crippen molar-refractivity contribution in [2.45, 2.75) is 32.7 Å². The zero-order valence-electron chi connectivity index (χ0n) is 11.5. The summed E-state index contributed by atoms with van der Waals surface area (Å²) in [4.78, 5) is 15.3. The maximum atomic E-state index is 11.7. The van der Waals surface area contributed by atoms with Crippen LogP contribution in [0.3, 0.4) is 0 Å². The standard InChI is InChI=1S/C13H25N3O/c1-11(2)5-8-14-12-6-9-16(10-7-12)13(17)15(3)4/h5,12,14H,6-10H2,1-4H3. The lowest BCUT2D eigenvalue weighted by molar-refractivity contribution is 0.153. The third kappa shape index (κ3) is 4.77. The summed E-state index contributed by atoms with van der Waals surface area (Å²) in [5, 5.41) is 3.51. The van der Waals surface area contributed by atoms with Gasteiger partial charge in [-0.15, -0.1) is 0 Å². The summed E-state index contributed by atoms with van der Waals surface area (Å²) in [6.45, 7) is 6.89. The van der Waals surface area contributed by atoms with Crippen molar-refractivity contribution in [1.82, 2.24) is 15.1 Å². The molecule has 0 aliphatic carbocycles. The number of rotatable bonds is 3. The number of nitrogens with one attached hydrogen (secondary N) is 1. The number of carbonyl (C=O) groups excluding carboxylic acids is 1. The Morgan fingerprint density at radius 1 is 1.35 bits per heavy atom. The van der Waals surface area contributed by atoms with Gasteiger partial charge < -0.3 is 15.1 Å². The Morgan fingerprint density at radius 3 is 2.41 bits per heavy atom. The van der Waals surface area contributed by atoms with E-state index in [4.69, 9.17) is 0 Å². The lowest BCUT2D eigenvalue weighted by atomic mass is 10.1. The molecule has 1 heterocycles. The molecule has 17 heavy (non-hydrogen) atoms. The SMILES string of the molecule is CC(C)=CCNC1CCN(C(=O)N(C)C)CC1. The molecule has 1 rings (SSSR count). The molecule has 0 unspecified atom stereocenters. The van der Waals surface area contributed by atoms with Crippen LogP contribution < -0.4 is 5.32 Å². The molecule has 1 aliphatic rings. The fourth-order valence-corrected chi connectivity index (χ4v) is 1.99. The van der Waals surface area contributed by atoms with E-state index in [0.29, 0.717) is 6.04 Å². The van der Waals surface area contributed by atoms with Gasteiger partial charge in [0.15, 0.2) is 0 Å². The Kier molecular flexibility index (Phi) is 5.48. The molecular weight excluding hydrogens is 214 g/mol. The Hall–Kier alpha value is -1.03. The molecular formula is C13H25N3O. The summed E-state index contributed by atoms with van der Waals surface area (Å²) in [7, 11) is 3.61. The van der Waals surface area contributed by atoms with Crippen LogP contribution >= 0.6 is 0 Å². The van der Waals surface area contributed by atoms with Crippen LogP contribution in [0.4, 0.5) is 4.79 Å². The number of amides is 2. The minimum Gasteiger partial charge on any atom is -0.331 e. The molecule has 0 aromatic rings. The van der Waals surface area contributed by atoms with Crippen LogP contribution in [0.1, 0.15) is 26.7 Å². The van der Waals surface area contributed by atoms with E-state index < -0.39 is 0 Å². The van der Waals surface area contributed by atoms with Gasteiger partial charge in [-0.05, 0) is 26.7 Å². The van der Waals surface area contributed by atoms with E-state index in [2.05, 4.69) is 25.2 Å². The summed E-state index contributed by atoms with van der Waals surface area (Å²) < 4.78 is 0. The van der Waals surface area contributed by atoms with E-state index in [1.807, 2.05) is 19.0 Å². The van der Waals surface area contributed by atoms with Gasteiger partial charge in [0.05, 0.1) is 0 Å². The molecule has 0 aromatic heterocycles. The molecule has 1 fully saturated rings. The Balaban J connectivity index is 2.26. The van der Waals surface area contributed by atoms with Crippen LogP contribution in [0.2, 0.25) is 0 Å². The van der Waals surface area contributed by atoms with Gasteiger partial charge in [0.25, 0.3) is 0 Å². The van der Waals surface area contributed by atoms with Gasteiger partial charge in [0.2, 0.25) is 0 Å². The number of piperidine rings is 1. The van der Waals surface area contributed by atoms with E-state index >= 15 is 0 Å². The lowest BCUT2D eigenvalue weighted by Gasteiger charge is -2.33. The van der Waals surface area contributed by atoms with Gasteiger partial charge in [-0.3, -0.25) is 0 Å². The second-order valence-corrected chi connectivity index (χ2v) is 5.13. The highest BCUT2D eigenvalue weighted by molar-refractivity contribution is 5.73. The van der Waals surface area contributed by atoms with Crippen LogP contribution in [0.25, 0.3) is 0 Å². The summed E-state index contributed by atoms with van der Waals surface area (Å²) in [6.07, 6.45) is 4.31. The predicted molar refractivity (Wildman–Crippen MR) is 71.1 cm³/mol. The largest absolute Gasteiger partial charge is 0.331 e. The van der Waals surface area contributed by atoms with Crippen LogP contribution in [-0.4, -0.2) is 55.6 Å². The van der Waals surface area contributed by atoms with E-state index in [9.17, 15) is 4.79 Å². The molecule has 0 aromatic carbocycles. The second kappa shape index (κ2) is 6.64. The number of likely N-dealkylation sites (tertiary alicyclic amines) is 1. The quantitative estimate of drug-likeness (QED) is 0.761. The Labute approximate surface area is 105 Å². The molecule has 0 spiro atoms. The van der Waals surface area contributed by atoms with Gasteiger partial charge in [-0.1, -0.05) is 11.6 Å². The number of nitrogens with zero attached hydrogens (tertiary/aromatic N) is 2. The number of allylic oxidation sites excluding steroid dienone is 1. The van der Waals surface area contributed by atoms with E-state index in [1.165, 1.54) is 5.57 Å². The monoisotopic (exact) mass is 239 g/mol. The smallest absolute Gasteiger partial charge is 0.319 e. The fourth-order valence-electron chi connectivity index (χ4n) is 1.99. The van der Waals surface area contributed by atoms with Gasteiger partial charge in [0.1, 0.15) is 0 Å². The third-order valence-electron chi connectivity index (χ3n) is 3.06. The first-order chi connectivity index (χ1) is 8.00. The highest BCUT2D eigenvalue weighted by Crippen LogP contribution is 2.11. The zero-order chi connectivity index (χ0) is 12.8. The van der Waals surface area contributed by atoms with Crippen molar-refractivity contribution >= 4 is 6.03 Å². The predicted octanol–water partition coefficient (Wildman–Crippen LogP) is 1.69. The van der Waals surface area contributed by atoms with E-state index in [-0.39, 0.29) is 6.03 Å². The fraction of sp³-hybridized carbons (Fsp3) is 0.769. The lowest BCUT2D eigenvalue weighted by Crippen LogP contribution is -2.48. The molecule has 4 nitrogen and oxygen atoms in total. The maximum absolute atomic E-state index is 11.7. The Bertz CT molecular complexity index is 274. The maximum Gasteiger partial charge on any atom is 0.319 e. The molecule has 0 bridgehead atoms. The van der Waals surface area contributed by atoms with Crippen molar-refractivity contribution in [3.05, 3.63) is 11.6 Å². The van der Waals surface area contributed by atoms with Gasteiger partial charge >= 0.3 is 6.03 Å². The molecule has 1 aliphatic heterocycles. The van der Waals surface area contributed by atoms with Gasteiger partial charge in [-0.25, -0.2) is 4.79 Å². The highest BCUT2D eigenvalue weighted by Gasteiger charge is 2.22. The first-order valence-corrected chi connectivity index (χ1v) is 6.33. The molecule has 0 atom stereocenters. The van der Waals surface area contributed by atoms with Gasteiger partial charge in [0, 0.05) is 39.8 Å². The summed E-state index contributed by atoms with van der Waals surface area (Å²) in [5.41, 5.74) is 1.35. The van der Waals surface area contributed by atoms with Crippen molar-refractivity contribution in [2.75, 3.05) is 33.7 Å². The minimum atomic E-state index is 0.132. The first kappa shape index (κ1) is 14.0. The van der Waals surface area contributed by atoms with Crippen LogP contribution in [0.5, 0.6) is 0 Å². The second-order valence-electron chi connectivity index (χ2n) is 5.13. The summed E-state index contributed by atoms with van der Waals surface area (Å²) in [5.74, 6) is 0. The van der Waals surface area contributed by atoms with Crippen LogP contribution in [-0.2, 0) is 0 Å². The van der Waals surface area contributed by atoms with E-state index in [0.717, 1.165) is 32.5 Å². The molecule has 0 saturated carbocycles. The number of carbonyl (C=O) groups is 1. The van der Waals surface area contributed by atoms with Gasteiger partial charge in [-0.2, -0.15) is 0 Å². The van der Waals surface area contributed by atoms with Crippen molar-refractivity contribution in [2.24, 2.45) is 0 Å². The minimum absolute atomic E-state index is 0.132. The summed E-state index contributed by atoms with van der Waals surface area (Å²) >= 11 is 0. The van der Waals surface area contributed by atoms with Crippen molar-refractivity contribution in [1.29, 1.82) is 0 Å². The zero-order valence-corrected chi connectivity index (χ0v) is 11.5. The van der Waals surface area contributed by atoms with Crippen LogP contribution in [0.15, 0.2) is 11.6 Å². The van der Waals surface area contributed by atoms with E-state index in [1.54, 1.807) is 4.90 Å². The summed E-state index contributed by atoms with van der Waals surface area (Å²) in [6, 6.07) is 0.685. The average molecular weight is 239 g/mol. The number of hydrogen-bond acceptors (Lipinski definition) is 2.